The van der Waals surface area contributed by atoms with Crippen LogP contribution in [0.2, 0.25) is 0 Å². The minimum atomic E-state index is -1.01. The molecule has 7 nitrogen and oxygen atoms in total. The Hall–Kier alpha value is -4.07. The van der Waals surface area contributed by atoms with Crippen LogP contribution in [0, 0.1) is 12.7 Å². The van der Waals surface area contributed by atoms with Gasteiger partial charge in [-0.3, -0.25) is 9.59 Å². The van der Waals surface area contributed by atoms with E-state index in [0.29, 0.717) is 16.9 Å². The Bertz CT molecular complexity index is 1250. The minimum Gasteiger partial charge on any atom is -0.507 e. The quantitative estimate of drug-likeness (QED) is 0.326. The number of aliphatic hydroxyl groups excluding tert-OH is 1. The molecule has 1 aromatic heterocycles. The maximum atomic E-state index is 14.2. The summed E-state index contributed by atoms with van der Waals surface area (Å²) in [6, 6.07) is 10.8. The monoisotopic (exact) mass is 451 g/mol. The van der Waals surface area contributed by atoms with Crippen molar-refractivity contribution in [2.45, 2.75) is 26.4 Å². The molecule has 3 aromatic rings. The largest absolute Gasteiger partial charge is 0.507 e. The Morgan fingerprint density at radius 3 is 2.64 bits per heavy atom. The number of aromatic hydroxyl groups is 1. The Balaban J connectivity index is 1.90. The molecule has 1 fully saturated rings. The molecule has 2 N–H and O–H groups in total. The number of ketones is 1. The van der Waals surface area contributed by atoms with E-state index in [1.54, 1.807) is 26.0 Å². The van der Waals surface area contributed by atoms with E-state index < -0.39 is 29.3 Å². The van der Waals surface area contributed by atoms with Crippen molar-refractivity contribution in [3.63, 3.8) is 0 Å². The number of rotatable bonds is 6. The summed E-state index contributed by atoms with van der Waals surface area (Å²) in [4.78, 5) is 27.3. The SMILES string of the molecule is CCOc1cc([C@H]2C(=C(O)c3ccc(C)c(F)c3)C(=O)C(=O)N2Cc2ccco2)ccc1O. The Kier molecular flexibility index (Phi) is 5.91. The first-order valence-corrected chi connectivity index (χ1v) is 10.3. The summed E-state index contributed by atoms with van der Waals surface area (Å²) >= 11 is 0. The fraction of sp³-hybridized carbons (Fsp3) is 0.200. The van der Waals surface area contributed by atoms with Crippen molar-refractivity contribution in [2.24, 2.45) is 0 Å². The number of phenols is 1. The highest BCUT2D eigenvalue weighted by Gasteiger charge is 2.46. The standard InChI is InChI=1S/C25H22FNO6/c1-3-32-20-12-15(8-9-19(20)28)22-21(23(29)16-7-6-14(2)18(26)11-16)24(30)25(31)27(22)13-17-5-4-10-33-17/h4-12,22,28-29H,3,13H2,1-2H3/t22-/m0/s1. The molecule has 4 rings (SSSR count). The number of aliphatic hydroxyl groups is 1. The first-order valence-electron chi connectivity index (χ1n) is 10.3. The van der Waals surface area contributed by atoms with Crippen molar-refractivity contribution in [2.75, 3.05) is 6.61 Å². The molecule has 0 bridgehead atoms. The van der Waals surface area contributed by atoms with Crippen molar-refractivity contribution in [3.8, 4) is 11.5 Å². The first kappa shape index (κ1) is 22.1. The van der Waals surface area contributed by atoms with Crippen molar-refractivity contribution in [1.82, 2.24) is 4.90 Å². The van der Waals surface area contributed by atoms with Crippen LogP contribution in [0.1, 0.15) is 35.4 Å². The van der Waals surface area contributed by atoms with E-state index in [9.17, 15) is 24.2 Å². The van der Waals surface area contributed by atoms with Gasteiger partial charge in [-0.1, -0.05) is 18.2 Å². The van der Waals surface area contributed by atoms with Crippen molar-refractivity contribution < 1.29 is 33.3 Å². The van der Waals surface area contributed by atoms with Crippen LogP contribution >= 0.6 is 0 Å². The van der Waals surface area contributed by atoms with Gasteiger partial charge in [0.05, 0.1) is 31.0 Å². The molecule has 1 aliphatic rings. The van der Waals surface area contributed by atoms with Crippen molar-refractivity contribution in [3.05, 3.63) is 88.6 Å². The van der Waals surface area contributed by atoms with Gasteiger partial charge in [0.25, 0.3) is 11.7 Å². The van der Waals surface area contributed by atoms with E-state index in [0.717, 1.165) is 6.07 Å². The van der Waals surface area contributed by atoms with Gasteiger partial charge in [-0.2, -0.15) is 0 Å². The number of likely N-dealkylation sites (tertiary alicyclic amines) is 1. The fourth-order valence-corrected chi connectivity index (χ4v) is 3.83. The van der Waals surface area contributed by atoms with Crippen LogP contribution < -0.4 is 4.74 Å². The number of aryl methyl sites for hydroxylation is 1. The maximum absolute atomic E-state index is 14.2. The molecule has 2 aromatic carbocycles. The van der Waals surface area contributed by atoms with E-state index >= 15 is 0 Å². The molecule has 1 aliphatic heterocycles. The topological polar surface area (TPSA) is 100 Å². The molecule has 33 heavy (non-hydrogen) atoms. The number of benzene rings is 2. The van der Waals surface area contributed by atoms with E-state index in [1.807, 2.05) is 0 Å². The summed E-state index contributed by atoms with van der Waals surface area (Å²) in [5.41, 5.74) is 0.684. The number of Topliss-reactive ketones (excluding diaryl/α,β-unsaturated/α-hetero) is 1. The van der Waals surface area contributed by atoms with Crippen LogP contribution in [-0.2, 0) is 16.1 Å². The second-order valence-corrected chi connectivity index (χ2v) is 7.63. The molecular weight excluding hydrogens is 429 g/mol. The van der Waals surface area contributed by atoms with Crippen LogP contribution in [0.25, 0.3) is 5.76 Å². The van der Waals surface area contributed by atoms with E-state index in [-0.39, 0.29) is 35.8 Å². The molecule has 0 spiro atoms. The molecule has 1 atom stereocenters. The lowest BCUT2D eigenvalue weighted by atomic mass is 9.94. The van der Waals surface area contributed by atoms with Crippen molar-refractivity contribution in [1.29, 1.82) is 0 Å². The number of hydrogen-bond acceptors (Lipinski definition) is 6. The van der Waals surface area contributed by atoms with Gasteiger partial charge >= 0.3 is 0 Å². The number of phenolic OH excluding ortho intramolecular Hbond substituents is 1. The van der Waals surface area contributed by atoms with Gasteiger partial charge in [0, 0.05) is 5.56 Å². The second kappa shape index (κ2) is 8.82. The van der Waals surface area contributed by atoms with Crippen LogP contribution in [-0.4, -0.2) is 33.4 Å². The third kappa shape index (κ3) is 4.07. The number of furan rings is 1. The first-order chi connectivity index (χ1) is 15.8. The predicted molar refractivity (Wildman–Crippen MR) is 117 cm³/mol. The van der Waals surface area contributed by atoms with Gasteiger partial charge in [0.15, 0.2) is 11.5 Å². The smallest absolute Gasteiger partial charge is 0.296 e. The zero-order chi connectivity index (χ0) is 23.7. The molecule has 8 heteroatoms. The van der Waals surface area contributed by atoms with Gasteiger partial charge in [-0.05, 0) is 55.3 Å². The maximum Gasteiger partial charge on any atom is 0.296 e. The number of nitrogens with zero attached hydrogens (tertiary/aromatic N) is 1. The van der Waals surface area contributed by atoms with Crippen molar-refractivity contribution >= 4 is 17.4 Å². The van der Waals surface area contributed by atoms with Crippen LogP contribution in [0.3, 0.4) is 0 Å². The molecule has 0 aliphatic carbocycles. The molecule has 0 saturated carbocycles. The number of carbonyl (C=O) groups is 2. The van der Waals surface area contributed by atoms with E-state index in [1.165, 1.54) is 41.5 Å². The number of halogens is 1. The van der Waals surface area contributed by atoms with Gasteiger partial charge < -0.3 is 24.3 Å². The lowest BCUT2D eigenvalue weighted by Crippen LogP contribution is -2.29. The summed E-state index contributed by atoms with van der Waals surface area (Å²) in [6.07, 6.45) is 1.45. The number of amides is 1. The number of ether oxygens (including phenoxy) is 1. The van der Waals surface area contributed by atoms with Gasteiger partial charge in [0.1, 0.15) is 17.3 Å². The van der Waals surface area contributed by atoms with Gasteiger partial charge in [0.2, 0.25) is 0 Å². The molecule has 0 unspecified atom stereocenters. The van der Waals surface area contributed by atoms with Crippen LogP contribution in [0.5, 0.6) is 11.5 Å². The normalized spacial score (nSPS) is 17.5. The zero-order valence-electron chi connectivity index (χ0n) is 18.0. The average molecular weight is 451 g/mol. The van der Waals surface area contributed by atoms with E-state index in [2.05, 4.69) is 0 Å². The minimum absolute atomic E-state index is 0.0356. The summed E-state index contributed by atoms with van der Waals surface area (Å²) in [7, 11) is 0. The van der Waals surface area contributed by atoms with Crippen LogP contribution in [0.4, 0.5) is 4.39 Å². The molecule has 170 valence electrons. The lowest BCUT2D eigenvalue weighted by Gasteiger charge is -2.25. The van der Waals surface area contributed by atoms with Gasteiger partial charge in [-0.15, -0.1) is 0 Å². The number of carbonyl (C=O) groups excluding carboxylic acids is 2. The Labute approximate surface area is 189 Å². The highest BCUT2D eigenvalue weighted by Crippen LogP contribution is 2.42. The highest BCUT2D eigenvalue weighted by atomic mass is 19.1. The zero-order valence-corrected chi connectivity index (χ0v) is 18.0. The molecule has 2 heterocycles. The van der Waals surface area contributed by atoms with Crippen LogP contribution in [0.15, 0.2) is 64.8 Å². The Morgan fingerprint density at radius 2 is 1.97 bits per heavy atom. The average Bonchev–Trinajstić information content (AvgIpc) is 3.39. The summed E-state index contributed by atoms with van der Waals surface area (Å²) in [5.74, 6) is -2.29. The summed E-state index contributed by atoms with van der Waals surface area (Å²) < 4.78 is 25.0. The van der Waals surface area contributed by atoms with E-state index in [4.69, 9.17) is 9.15 Å². The molecule has 1 amide bonds. The fourth-order valence-electron chi connectivity index (χ4n) is 3.83. The predicted octanol–water partition coefficient (Wildman–Crippen LogP) is 4.45. The second-order valence-electron chi connectivity index (χ2n) is 7.63. The molecule has 1 saturated heterocycles. The summed E-state index contributed by atoms with van der Waals surface area (Å²) in [5, 5.41) is 21.1. The summed E-state index contributed by atoms with van der Waals surface area (Å²) in [6.45, 7) is 3.58. The molecular formula is C25H22FNO6. The third-order valence-electron chi connectivity index (χ3n) is 5.49. The third-order valence-corrected chi connectivity index (χ3v) is 5.49. The Morgan fingerprint density at radius 1 is 1.18 bits per heavy atom. The highest BCUT2D eigenvalue weighted by molar-refractivity contribution is 6.46. The lowest BCUT2D eigenvalue weighted by molar-refractivity contribution is -0.140. The number of hydrogen-bond donors (Lipinski definition) is 2. The molecule has 0 radical (unpaired) electrons. The van der Waals surface area contributed by atoms with Gasteiger partial charge in [-0.25, -0.2) is 4.39 Å².